The van der Waals surface area contributed by atoms with E-state index in [4.69, 9.17) is 18.2 Å². The SMILES string of the molecule is O=S(=O)(O)NC1CCCCC1.O=S(=O)(O)NC1CCCCC1.O=S(=O)(O)NC1CCCCC1.O=S(=O)(O)NC1CCCCC1. The number of rotatable bonds is 8. The molecule has 0 saturated heterocycles. The van der Waals surface area contributed by atoms with Crippen LogP contribution >= 0.6 is 0 Å². The molecule has 4 aliphatic carbocycles. The third kappa shape index (κ3) is 25.6. The van der Waals surface area contributed by atoms with Gasteiger partial charge in [-0.05, 0) is 51.4 Å². The third-order valence-electron chi connectivity index (χ3n) is 7.68. The zero-order valence-electron chi connectivity index (χ0n) is 25.1. The van der Waals surface area contributed by atoms with Crippen molar-refractivity contribution in [3.8, 4) is 0 Å². The lowest BCUT2D eigenvalue weighted by Crippen LogP contribution is -2.35. The Kier molecular flexibility index (Phi) is 19.5. The lowest BCUT2D eigenvalue weighted by atomic mass is 9.96. The van der Waals surface area contributed by atoms with Gasteiger partial charge >= 0.3 is 41.2 Å². The first-order valence-corrected chi connectivity index (χ1v) is 21.1. The lowest BCUT2D eigenvalue weighted by molar-refractivity contribution is 0.388. The first kappa shape index (κ1) is 41.5. The molecule has 0 radical (unpaired) electrons. The molecular formula is C24H52N4O12S4. The summed E-state index contributed by atoms with van der Waals surface area (Å²) in [6, 6.07) is -0.171. The molecule has 0 heterocycles. The summed E-state index contributed by atoms with van der Waals surface area (Å²) in [5.41, 5.74) is 0. The Morgan fingerprint density at radius 1 is 0.295 bits per heavy atom. The Morgan fingerprint density at radius 2 is 0.432 bits per heavy atom. The van der Waals surface area contributed by atoms with Gasteiger partial charge in [-0.15, -0.1) is 0 Å². The largest absolute Gasteiger partial charge is 0.333 e. The summed E-state index contributed by atoms with van der Waals surface area (Å²) >= 11 is 0. The van der Waals surface area contributed by atoms with Gasteiger partial charge in [-0.1, -0.05) is 77.0 Å². The van der Waals surface area contributed by atoms with E-state index in [0.717, 1.165) is 103 Å². The molecule has 0 aromatic carbocycles. The maximum atomic E-state index is 10.3. The Labute approximate surface area is 263 Å². The number of hydrogen-bond acceptors (Lipinski definition) is 8. The molecule has 4 saturated carbocycles. The van der Waals surface area contributed by atoms with E-state index in [0.29, 0.717) is 0 Å². The van der Waals surface area contributed by atoms with Gasteiger partial charge in [0, 0.05) is 24.2 Å². The Morgan fingerprint density at radius 3 is 0.545 bits per heavy atom. The first-order valence-electron chi connectivity index (χ1n) is 15.3. The fraction of sp³-hybridized carbons (Fsp3) is 1.00. The molecule has 4 aliphatic rings. The summed E-state index contributed by atoms with van der Waals surface area (Å²) in [4.78, 5) is 0. The van der Waals surface area contributed by atoms with Crippen molar-refractivity contribution in [2.24, 2.45) is 0 Å². The molecule has 8 N–H and O–H groups in total. The summed E-state index contributed by atoms with van der Waals surface area (Å²) in [5, 5.41) is 0. The van der Waals surface area contributed by atoms with Crippen molar-refractivity contribution in [2.45, 2.75) is 153 Å². The molecule has 0 unspecified atom stereocenters. The van der Waals surface area contributed by atoms with E-state index >= 15 is 0 Å². The van der Waals surface area contributed by atoms with E-state index in [1.54, 1.807) is 0 Å². The highest BCUT2D eigenvalue weighted by atomic mass is 32.2. The van der Waals surface area contributed by atoms with Crippen LogP contribution in [0.15, 0.2) is 0 Å². The van der Waals surface area contributed by atoms with Crippen LogP contribution in [0.2, 0.25) is 0 Å². The predicted molar refractivity (Wildman–Crippen MR) is 166 cm³/mol. The molecule has 0 amide bonds. The summed E-state index contributed by atoms with van der Waals surface area (Å²) in [6.45, 7) is 0. The molecule has 20 heteroatoms. The Hall–Kier alpha value is -0.520. The number of hydrogen-bond donors (Lipinski definition) is 8. The van der Waals surface area contributed by atoms with Crippen molar-refractivity contribution < 1.29 is 51.9 Å². The minimum atomic E-state index is -3.97. The van der Waals surface area contributed by atoms with Crippen molar-refractivity contribution in [2.75, 3.05) is 0 Å². The summed E-state index contributed by atoms with van der Waals surface area (Å²) in [6.07, 6.45) is 19.8. The smallest absolute Gasteiger partial charge is 0.273 e. The van der Waals surface area contributed by atoms with Crippen LogP contribution in [0.25, 0.3) is 0 Å². The van der Waals surface area contributed by atoms with Gasteiger partial charge in [0.25, 0.3) is 0 Å². The molecule has 0 bridgehead atoms. The minimum absolute atomic E-state index is 0.0428. The minimum Gasteiger partial charge on any atom is -0.273 e. The molecular weight excluding hydrogens is 665 g/mol. The van der Waals surface area contributed by atoms with Crippen LogP contribution in [0.1, 0.15) is 128 Å². The van der Waals surface area contributed by atoms with E-state index in [1.807, 2.05) is 0 Å². The van der Waals surface area contributed by atoms with Gasteiger partial charge in [0.15, 0.2) is 0 Å². The highest BCUT2D eigenvalue weighted by Crippen LogP contribution is 2.19. The van der Waals surface area contributed by atoms with Gasteiger partial charge in [-0.25, -0.2) is 0 Å². The predicted octanol–water partition coefficient (Wildman–Crippen LogP) is 2.85. The van der Waals surface area contributed by atoms with Gasteiger partial charge in [-0.2, -0.15) is 52.6 Å². The maximum absolute atomic E-state index is 10.3. The molecule has 16 nitrogen and oxygen atoms in total. The molecule has 0 aromatic heterocycles. The monoisotopic (exact) mass is 716 g/mol. The van der Waals surface area contributed by atoms with Crippen molar-refractivity contribution in [3.05, 3.63) is 0 Å². The van der Waals surface area contributed by atoms with E-state index in [1.165, 1.54) is 25.7 Å². The van der Waals surface area contributed by atoms with Crippen LogP contribution in [0.3, 0.4) is 0 Å². The van der Waals surface area contributed by atoms with Gasteiger partial charge in [0.1, 0.15) is 0 Å². The fourth-order valence-corrected chi connectivity index (χ4v) is 8.35. The van der Waals surface area contributed by atoms with Gasteiger partial charge in [0.05, 0.1) is 0 Å². The summed E-state index contributed by atoms with van der Waals surface area (Å²) < 4.78 is 125. The van der Waals surface area contributed by atoms with Gasteiger partial charge < -0.3 is 0 Å². The number of nitrogens with one attached hydrogen (secondary N) is 4. The molecule has 264 valence electrons. The lowest BCUT2D eigenvalue weighted by Gasteiger charge is -2.20. The molecule has 4 fully saturated rings. The summed E-state index contributed by atoms with van der Waals surface area (Å²) in [7, 11) is -15.9. The Bertz CT molecular complexity index is 1020. The molecule has 0 spiro atoms. The second-order valence-corrected chi connectivity index (χ2v) is 16.5. The zero-order valence-corrected chi connectivity index (χ0v) is 28.4. The first-order chi connectivity index (χ1) is 20.3. The molecule has 44 heavy (non-hydrogen) atoms. The van der Waals surface area contributed by atoms with Crippen molar-refractivity contribution in [3.63, 3.8) is 0 Å². The van der Waals surface area contributed by atoms with E-state index in [2.05, 4.69) is 18.9 Å². The van der Waals surface area contributed by atoms with Crippen LogP contribution in [0, 0.1) is 0 Å². The van der Waals surface area contributed by atoms with E-state index < -0.39 is 41.2 Å². The molecule has 0 aromatic rings. The summed E-state index contributed by atoms with van der Waals surface area (Å²) in [5.74, 6) is 0. The normalized spacial score (nSPS) is 21.9. The quantitative estimate of drug-likeness (QED) is 0.169. The topological polar surface area (TPSA) is 266 Å². The zero-order chi connectivity index (χ0) is 33.3. The Balaban J connectivity index is 0.000000293. The standard InChI is InChI=1S/4C6H13NO3S/c4*8-11(9,10)7-6-4-2-1-3-5-6/h4*6-7H,1-5H2,(H,8,9,10). The van der Waals surface area contributed by atoms with E-state index in [-0.39, 0.29) is 24.2 Å². The van der Waals surface area contributed by atoms with Gasteiger partial charge in [-0.3, -0.25) is 18.2 Å². The van der Waals surface area contributed by atoms with Crippen LogP contribution in [-0.2, 0) is 41.2 Å². The van der Waals surface area contributed by atoms with Crippen LogP contribution < -0.4 is 18.9 Å². The van der Waals surface area contributed by atoms with Crippen molar-refractivity contribution >= 4 is 41.2 Å². The highest BCUT2D eigenvalue weighted by molar-refractivity contribution is 7.84. The molecule has 0 aliphatic heterocycles. The molecule has 0 atom stereocenters. The van der Waals surface area contributed by atoms with E-state index in [9.17, 15) is 33.7 Å². The average molecular weight is 717 g/mol. The fourth-order valence-electron chi connectivity index (χ4n) is 5.72. The average Bonchev–Trinajstić information content (AvgIpc) is 2.88. The van der Waals surface area contributed by atoms with Crippen LogP contribution in [0.5, 0.6) is 0 Å². The second kappa shape index (κ2) is 20.7. The van der Waals surface area contributed by atoms with Gasteiger partial charge in [0.2, 0.25) is 0 Å². The third-order valence-corrected chi connectivity index (χ3v) is 10.2. The van der Waals surface area contributed by atoms with Crippen molar-refractivity contribution in [1.82, 2.24) is 18.9 Å². The van der Waals surface area contributed by atoms with Crippen LogP contribution in [0.4, 0.5) is 0 Å². The van der Waals surface area contributed by atoms with Crippen LogP contribution in [-0.4, -0.2) is 76.0 Å². The maximum Gasteiger partial charge on any atom is 0.333 e. The second-order valence-electron chi connectivity index (χ2n) is 11.7. The highest BCUT2D eigenvalue weighted by Gasteiger charge is 2.20. The molecule has 4 rings (SSSR count). The van der Waals surface area contributed by atoms with Crippen molar-refractivity contribution in [1.29, 1.82) is 0 Å².